The maximum Gasteiger partial charge on any atom is 0.252 e. The molecule has 0 radical (unpaired) electrons. The standard InChI is InChI=1S/C48H41BN2/c1-47(2,34-18-8-5-9-19-34)36-30-32-38(33-31-36)50-42-27-15-14-25-40(42)49-41-26-16-24-39(48(3,4)35-20-10-6-11-21-35)46(41)51(37-22-12-7-13-23-37)44-29-17-28-43(50)45(44)49/h5-33H,1-4H3. The molecule has 51 heavy (non-hydrogen) atoms. The number of hydrogen-bond acceptors (Lipinski definition) is 2. The summed E-state index contributed by atoms with van der Waals surface area (Å²) in [5, 5.41) is 0. The van der Waals surface area contributed by atoms with Gasteiger partial charge in [0, 0.05) is 45.0 Å². The second-order valence-electron chi connectivity index (χ2n) is 15.0. The lowest BCUT2D eigenvalue weighted by molar-refractivity contribution is 0.641. The van der Waals surface area contributed by atoms with E-state index in [-0.39, 0.29) is 17.5 Å². The Balaban J connectivity index is 1.26. The molecule has 0 bridgehead atoms. The Hall–Kier alpha value is -5.80. The lowest BCUT2D eigenvalue weighted by atomic mass is 9.33. The Morgan fingerprint density at radius 2 is 0.843 bits per heavy atom. The van der Waals surface area contributed by atoms with Gasteiger partial charge in [0.1, 0.15) is 0 Å². The van der Waals surface area contributed by atoms with Gasteiger partial charge in [-0.2, -0.15) is 0 Å². The smallest absolute Gasteiger partial charge is 0.252 e. The van der Waals surface area contributed by atoms with E-state index >= 15 is 0 Å². The highest BCUT2D eigenvalue weighted by Crippen LogP contribution is 2.47. The highest BCUT2D eigenvalue weighted by Gasteiger charge is 2.45. The SMILES string of the molecule is CC(C)(c1ccccc1)c1ccc(N2c3ccccc3B3c4cccc(C(C)(C)c5ccccc5)c4N(c4ccccc4)c4cccc2c43)cc1. The molecule has 3 heteroatoms. The summed E-state index contributed by atoms with van der Waals surface area (Å²) in [6.07, 6.45) is 0. The average Bonchev–Trinajstić information content (AvgIpc) is 3.18. The Labute approximate surface area is 302 Å². The predicted molar refractivity (Wildman–Crippen MR) is 218 cm³/mol. The van der Waals surface area contributed by atoms with Gasteiger partial charge in [-0.1, -0.05) is 161 Å². The normalized spacial score (nSPS) is 13.4. The summed E-state index contributed by atoms with van der Waals surface area (Å²) in [7, 11) is 0. The topological polar surface area (TPSA) is 6.48 Å². The lowest BCUT2D eigenvalue weighted by Gasteiger charge is -2.46. The summed E-state index contributed by atoms with van der Waals surface area (Å²) in [5.41, 5.74) is 16.2. The maximum atomic E-state index is 2.53. The minimum atomic E-state index is -0.232. The van der Waals surface area contributed by atoms with Crippen LogP contribution in [0.5, 0.6) is 0 Å². The van der Waals surface area contributed by atoms with Crippen molar-refractivity contribution in [1.82, 2.24) is 0 Å². The number of fused-ring (bicyclic) bond motifs is 4. The van der Waals surface area contributed by atoms with Gasteiger partial charge in [0.2, 0.25) is 0 Å². The highest BCUT2D eigenvalue weighted by atomic mass is 15.2. The molecule has 0 fully saturated rings. The third kappa shape index (κ3) is 4.87. The summed E-state index contributed by atoms with van der Waals surface area (Å²) in [5.74, 6) is 0. The molecule has 0 saturated carbocycles. The fourth-order valence-corrected chi connectivity index (χ4v) is 8.62. The van der Waals surface area contributed by atoms with Crippen molar-refractivity contribution in [1.29, 1.82) is 0 Å². The van der Waals surface area contributed by atoms with Crippen LogP contribution in [0.2, 0.25) is 0 Å². The first-order valence-corrected chi connectivity index (χ1v) is 18.1. The molecule has 0 atom stereocenters. The van der Waals surface area contributed by atoms with Gasteiger partial charge in [-0.15, -0.1) is 0 Å². The third-order valence-corrected chi connectivity index (χ3v) is 11.4. The number of hydrogen-bond donors (Lipinski definition) is 0. The van der Waals surface area contributed by atoms with E-state index in [2.05, 4.69) is 213 Å². The Morgan fingerprint density at radius 1 is 0.373 bits per heavy atom. The molecule has 9 rings (SSSR count). The fourth-order valence-electron chi connectivity index (χ4n) is 8.62. The molecule has 2 nitrogen and oxygen atoms in total. The summed E-state index contributed by atoms with van der Waals surface area (Å²) in [6.45, 7) is 9.45. The molecule has 246 valence electrons. The molecule has 0 unspecified atom stereocenters. The van der Waals surface area contributed by atoms with Crippen molar-refractivity contribution in [2.75, 3.05) is 9.80 Å². The Bertz CT molecular complexity index is 2360. The van der Waals surface area contributed by atoms with Gasteiger partial charge in [0.05, 0.1) is 0 Å². The molecule has 0 aliphatic carbocycles. The summed E-state index contributed by atoms with van der Waals surface area (Å²) >= 11 is 0. The predicted octanol–water partition coefficient (Wildman–Crippen LogP) is 10.4. The van der Waals surface area contributed by atoms with E-state index < -0.39 is 0 Å². The zero-order chi connectivity index (χ0) is 34.7. The van der Waals surface area contributed by atoms with Crippen molar-refractivity contribution in [2.45, 2.75) is 38.5 Å². The van der Waals surface area contributed by atoms with Crippen molar-refractivity contribution in [3.63, 3.8) is 0 Å². The van der Waals surface area contributed by atoms with Crippen LogP contribution >= 0.6 is 0 Å². The minimum absolute atomic E-state index is 0.0847. The molecule has 0 N–H and O–H groups in total. The number of anilines is 6. The van der Waals surface area contributed by atoms with Gasteiger partial charge in [-0.3, -0.25) is 0 Å². The zero-order valence-corrected chi connectivity index (χ0v) is 29.7. The molecule has 0 spiro atoms. The van der Waals surface area contributed by atoms with Crippen LogP contribution in [0.15, 0.2) is 176 Å². The molecular weight excluding hydrogens is 615 g/mol. The third-order valence-electron chi connectivity index (χ3n) is 11.4. The van der Waals surface area contributed by atoms with Crippen LogP contribution in [0.4, 0.5) is 34.1 Å². The van der Waals surface area contributed by atoms with Crippen molar-refractivity contribution in [3.05, 3.63) is 198 Å². The number of rotatable bonds is 6. The largest absolute Gasteiger partial charge is 0.311 e. The molecule has 7 aromatic rings. The molecule has 7 aromatic carbocycles. The fraction of sp³-hybridized carbons (Fsp3) is 0.125. The van der Waals surface area contributed by atoms with Crippen molar-refractivity contribution < 1.29 is 0 Å². The minimum Gasteiger partial charge on any atom is -0.311 e. The van der Waals surface area contributed by atoms with Crippen LogP contribution in [0.25, 0.3) is 0 Å². The van der Waals surface area contributed by atoms with Crippen molar-refractivity contribution >= 4 is 57.2 Å². The lowest BCUT2D eigenvalue weighted by Crippen LogP contribution is -2.61. The van der Waals surface area contributed by atoms with Gasteiger partial charge in [-0.25, -0.2) is 0 Å². The van der Waals surface area contributed by atoms with Crippen molar-refractivity contribution in [3.8, 4) is 0 Å². The van der Waals surface area contributed by atoms with Gasteiger partial charge in [0.25, 0.3) is 6.71 Å². The molecule has 0 amide bonds. The average molecular weight is 657 g/mol. The van der Waals surface area contributed by atoms with Crippen LogP contribution in [0.1, 0.15) is 49.9 Å². The van der Waals surface area contributed by atoms with Crippen LogP contribution in [-0.4, -0.2) is 6.71 Å². The van der Waals surface area contributed by atoms with E-state index in [1.807, 2.05) is 0 Å². The van der Waals surface area contributed by atoms with Gasteiger partial charge in [-0.05, 0) is 81.1 Å². The first kappa shape index (κ1) is 31.2. The van der Waals surface area contributed by atoms with E-state index in [1.54, 1.807) is 0 Å². The van der Waals surface area contributed by atoms with E-state index in [0.717, 1.165) is 5.69 Å². The van der Waals surface area contributed by atoms with E-state index in [9.17, 15) is 0 Å². The summed E-state index contributed by atoms with van der Waals surface area (Å²) < 4.78 is 0. The Morgan fingerprint density at radius 3 is 1.51 bits per heavy atom. The molecule has 0 saturated heterocycles. The number of para-hydroxylation sites is 3. The molecule has 2 aliphatic heterocycles. The second-order valence-corrected chi connectivity index (χ2v) is 15.0. The second kappa shape index (κ2) is 11.9. The first-order valence-electron chi connectivity index (χ1n) is 18.1. The Kier molecular flexibility index (Phi) is 7.29. The van der Waals surface area contributed by atoms with Crippen LogP contribution in [-0.2, 0) is 10.8 Å². The molecular formula is C48H41BN2. The number of benzene rings is 7. The molecule has 0 aromatic heterocycles. The number of nitrogens with zero attached hydrogens (tertiary/aromatic N) is 2. The van der Waals surface area contributed by atoms with Gasteiger partial charge >= 0.3 is 0 Å². The molecule has 2 aliphatic rings. The van der Waals surface area contributed by atoms with Crippen LogP contribution < -0.4 is 26.2 Å². The monoisotopic (exact) mass is 656 g/mol. The van der Waals surface area contributed by atoms with Crippen LogP contribution in [0, 0.1) is 0 Å². The van der Waals surface area contributed by atoms with E-state index in [1.165, 1.54) is 67.1 Å². The quantitative estimate of drug-likeness (QED) is 0.164. The first-order chi connectivity index (χ1) is 24.9. The van der Waals surface area contributed by atoms with Gasteiger partial charge in [0.15, 0.2) is 0 Å². The van der Waals surface area contributed by atoms with E-state index in [4.69, 9.17) is 0 Å². The van der Waals surface area contributed by atoms with Crippen LogP contribution in [0.3, 0.4) is 0 Å². The molecule has 2 heterocycles. The van der Waals surface area contributed by atoms with E-state index in [0.29, 0.717) is 0 Å². The van der Waals surface area contributed by atoms with Crippen molar-refractivity contribution in [2.24, 2.45) is 0 Å². The maximum absolute atomic E-state index is 2.53. The zero-order valence-electron chi connectivity index (χ0n) is 29.7. The van der Waals surface area contributed by atoms with Gasteiger partial charge < -0.3 is 9.80 Å². The summed E-state index contributed by atoms with van der Waals surface area (Å²) in [6, 6.07) is 64.8. The highest BCUT2D eigenvalue weighted by molar-refractivity contribution is 7.00. The summed E-state index contributed by atoms with van der Waals surface area (Å²) in [4.78, 5) is 5.01.